The van der Waals surface area contributed by atoms with Gasteiger partial charge >= 0.3 is 0 Å². The van der Waals surface area contributed by atoms with Crippen LogP contribution in [-0.2, 0) is 4.74 Å². The number of fused-ring (bicyclic) bond motifs is 8. The molecule has 5 aromatic rings. The molecule has 0 unspecified atom stereocenters. The fraction of sp³-hybridized carbons (Fsp3) is 0.160. The molecule has 2 aromatic carbocycles. The molecule has 1 aliphatic carbocycles. The topological polar surface area (TPSA) is 96.4 Å². The summed E-state index contributed by atoms with van der Waals surface area (Å²) in [6, 6.07) is 17.4. The van der Waals surface area contributed by atoms with Crippen molar-refractivity contribution in [3.63, 3.8) is 0 Å². The lowest BCUT2D eigenvalue weighted by Crippen LogP contribution is -2.36. The lowest BCUT2D eigenvalue weighted by Gasteiger charge is -2.28. The van der Waals surface area contributed by atoms with Gasteiger partial charge in [-0.15, -0.1) is 0 Å². The summed E-state index contributed by atoms with van der Waals surface area (Å²) in [6.07, 6.45) is 0. The van der Waals surface area contributed by atoms with Gasteiger partial charge < -0.3 is 9.64 Å². The van der Waals surface area contributed by atoms with E-state index in [9.17, 15) is 10.1 Å². The lowest BCUT2D eigenvalue weighted by atomic mass is 10.1. The average molecular weight is 432 g/mol. The van der Waals surface area contributed by atoms with Crippen LogP contribution in [0.15, 0.2) is 48.5 Å². The summed E-state index contributed by atoms with van der Waals surface area (Å²) >= 11 is 0. The Hall–Kier alpha value is -4.35. The molecule has 7 rings (SSSR count). The van der Waals surface area contributed by atoms with E-state index in [4.69, 9.17) is 19.8 Å². The van der Waals surface area contributed by atoms with Crippen LogP contribution in [0.2, 0.25) is 0 Å². The molecule has 2 aliphatic rings. The van der Waals surface area contributed by atoms with Crippen molar-refractivity contribution in [3.8, 4) is 17.3 Å². The third-order valence-corrected chi connectivity index (χ3v) is 6.44. The number of benzene rings is 2. The number of para-hydroxylation sites is 1. The molecule has 3 aromatic heterocycles. The zero-order valence-electron chi connectivity index (χ0n) is 17.4. The highest BCUT2D eigenvalue weighted by Crippen LogP contribution is 2.40. The smallest absolute Gasteiger partial charge is 0.198 e. The Bertz CT molecular complexity index is 1690. The first-order chi connectivity index (χ1) is 16.3. The van der Waals surface area contributed by atoms with Crippen LogP contribution >= 0.6 is 0 Å². The molecule has 33 heavy (non-hydrogen) atoms. The number of morpholine rings is 1. The molecule has 158 valence electrons. The van der Waals surface area contributed by atoms with Crippen molar-refractivity contribution in [2.45, 2.75) is 0 Å². The number of carbonyl (C=O) groups is 1. The molecule has 1 aliphatic heterocycles. The van der Waals surface area contributed by atoms with E-state index in [2.05, 4.69) is 11.0 Å². The first-order valence-electron chi connectivity index (χ1n) is 10.8. The molecule has 1 fully saturated rings. The zero-order valence-corrected chi connectivity index (χ0v) is 17.4. The van der Waals surface area contributed by atoms with Crippen molar-refractivity contribution < 1.29 is 9.53 Å². The van der Waals surface area contributed by atoms with Crippen LogP contribution in [0.5, 0.6) is 0 Å². The van der Waals surface area contributed by atoms with Gasteiger partial charge in [0.05, 0.1) is 35.4 Å². The first kappa shape index (κ1) is 18.2. The summed E-state index contributed by atoms with van der Waals surface area (Å²) in [7, 11) is 0. The number of pyridine rings is 1. The Balaban J connectivity index is 1.66. The number of ketones is 1. The maximum absolute atomic E-state index is 13.2. The third kappa shape index (κ3) is 2.37. The summed E-state index contributed by atoms with van der Waals surface area (Å²) in [6.45, 7) is 2.64. The second kappa shape index (κ2) is 6.58. The second-order valence-electron chi connectivity index (χ2n) is 8.18. The number of rotatable bonds is 1. The number of carbonyl (C=O) groups excluding carboxylic acids is 1. The number of aromatic nitrogens is 4. The lowest BCUT2D eigenvalue weighted by molar-refractivity contribution is 0.104. The monoisotopic (exact) mass is 432 g/mol. The average Bonchev–Trinajstić information content (AvgIpc) is 3.39. The number of anilines is 1. The predicted molar refractivity (Wildman–Crippen MR) is 122 cm³/mol. The Morgan fingerprint density at radius 3 is 2.55 bits per heavy atom. The Morgan fingerprint density at radius 2 is 1.73 bits per heavy atom. The van der Waals surface area contributed by atoms with Gasteiger partial charge in [-0.1, -0.05) is 42.5 Å². The number of nitrogens with zero attached hydrogens (tertiary/aromatic N) is 6. The van der Waals surface area contributed by atoms with E-state index in [1.54, 1.807) is 6.07 Å². The summed E-state index contributed by atoms with van der Waals surface area (Å²) in [5.41, 5.74) is 4.41. The zero-order chi connectivity index (χ0) is 22.1. The molecule has 8 nitrogen and oxygen atoms in total. The molecule has 1 saturated heterocycles. The second-order valence-corrected chi connectivity index (χ2v) is 8.18. The minimum absolute atomic E-state index is 0.192. The molecular formula is C25H16N6O2. The standard InChI is InChI=1S/C25H16N6O2/c26-13-18-19-21(14-5-1-2-6-15(14)23(19)32)28-25-20-22(29-31(18)25)16-7-3-4-8-17(16)27-24(20)30-9-11-33-12-10-30/h1-8H,9-12H2. The van der Waals surface area contributed by atoms with Gasteiger partial charge in [0.15, 0.2) is 17.1 Å². The molecular weight excluding hydrogens is 416 g/mol. The normalized spacial score (nSPS) is 15.2. The van der Waals surface area contributed by atoms with Crippen molar-refractivity contribution in [1.29, 1.82) is 5.26 Å². The van der Waals surface area contributed by atoms with Crippen molar-refractivity contribution in [2.75, 3.05) is 31.2 Å². The molecule has 0 atom stereocenters. The SMILES string of the molecule is N#Cc1c2c(nc3c4c(N5CCOCC5)nc5ccccc5c4nn13)-c1ccccc1C2=O. The summed E-state index contributed by atoms with van der Waals surface area (Å²) in [4.78, 5) is 25.3. The maximum Gasteiger partial charge on any atom is 0.198 e. The minimum atomic E-state index is -0.192. The molecule has 0 saturated carbocycles. The molecule has 0 bridgehead atoms. The van der Waals surface area contributed by atoms with Crippen molar-refractivity contribution in [2.24, 2.45) is 0 Å². The van der Waals surface area contributed by atoms with Crippen LogP contribution in [0.4, 0.5) is 5.82 Å². The fourth-order valence-corrected chi connectivity index (χ4v) is 4.92. The van der Waals surface area contributed by atoms with Crippen molar-refractivity contribution in [3.05, 3.63) is 65.4 Å². The van der Waals surface area contributed by atoms with E-state index < -0.39 is 0 Å². The maximum atomic E-state index is 13.2. The Kier molecular flexibility index (Phi) is 3.63. The van der Waals surface area contributed by atoms with Gasteiger partial charge in [-0.2, -0.15) is 10.4 Å². The van der Waals surface area contributed by atoms with Crippen LogP contribution in [0.1, 0.15) is 21.6 Å². The van der Waals surface area contributed by atoms with E-state index >= 15 is 0 Å². The molecule has 8 heteroatoms. The predicted octanol–water partition coefficient (Wildman–Crippen LogP) is 3.35. The number of hydrogen-bond donors (Lipinski definition) is 0. The number of hydrogen-bond acceptors (Lipinski definition) is 7. The van der Waals surface area contributed by atoms with Crippen LogP contribution in [0, 0.1) is 11.3 Å². The summed E-state index contributed by atoms with van der Waals surface area (Å²) in [5.74, 6) is 0.582. The third-order valence-electron chi connectivity index (χ3n) is 6.44. The van der Waals surface area contributed by atoms with Gasteiger partial charge in [-0.25, -0.2) is 14.5 Å². The van der Waals surface area contributed by atoms with Crippen LogP contribution < -0.4 is 4.90 Å². The van der Waals surface area contributed by atoms with Crippen molar-refractivity contribution in [1.82, 2.24) is 19.6 Å². The fourth-order valence-electron chi connectivity index (χ4n) is 4.92. The van der Waals surface area contributed by atoms with Gasteiger partial charge in [0.1, 0.15) is 17.4 Å². The number of nitriles is 1. The van der Waals surface area contributed by atoms with Gasteiger partial charge in [-0.05, 0) is 6.07 Å². The van der Waals surface area contributed by atoms with E-state index in [0.29, 0.717) is 48.8 Å². The van der Waals surface area contributed by atoms with Crippen molar-refractivity contribution >= 4 is 39.1 Å². The molecule has 4 heterocycles. The van der Waals surface area contributed by atoms with Crippen LogP contribution in [0.25, 0.3) is 38.7 Å². The first-order valence-corrected chi connectivity index (χ1v) is 10.8. The Morgan fingerprint density at radius 1 is 0.970 bits per heavy atom. The van der Waals surface area contributed by atoms with E-state index in [0.717, 1.165) is 33.2 Å². The highest BCUT2D eigenvalue weighted by molar-refractivity contribution is 6.23. The van der Waals surface area contributed by atoms with Gasteiger partial charge in [-0.3, -0.25) is 4.79 Å². The van der Waals surface area contributed by atoms with Crippen LogP contribution in [0.3, 0.4) is 0 Å². The van der Waals surface area contributed by atoms with E-state index in [1.807, 2.05) is 42.5 Å². The minimum Gasteiger partial charge on any atom is -0.378 e. The largest absolute Gasteiger partial charge is 0.378 e. The van der Waals surface area contributed by atoms with E-state index in [-0.39, 0.29) is 11.5 Å². The molecule has 0 amide bonds. The summed E-state index contributed by atoms with van der Waals surface area (Å²) in [5, 5.41) is 16.6. The molecule has 0 spiro atoms. The summed E-state index contributed by atoms with van der Waals surface area (Å²) < 4.78 is 7.07. The number of ether oxygens (including phenoxy) is 1. The van der Waals surface area contributed by atoms with Crippen LogP contribution in [-0.4, -0.2) is 51.7 Å². The molecule has 0 radical (unpaired) electrons. The molecule has 0 N–H and O–H groups in total. The van der Waals surface area contributed by atoms with Gasteiger partial charge in [0.25, 0.3) is 0 Å². The van der Waals surface area contributed by atoms with Gasteiger partial charge in [0.2, 0.25) is 0 Å². The van der Waals surface area contributed by atoms with Gasteiger partial charge in [0, 0.05) is 29.6 Å². The quantitative estimate of drug-likeness (QED) is 0.393. The highest BCUT2D eigenvalue weighted by Gasteiger charge is 2.34. The Labute approximate surface area is 187 Å². The van der Waals surface area contributed by atoms with E-state index in [1.165, 1.54) is 4.52 Å². The highest BCUT2D eigenvalue weighted by atomic mass is 16.5.